The Hall–Kier alpha value is -2.61. The number of benzene rings is 2. The van der Waals surface area contributed by atoms with Crippen LogP contribution in [0.5, 0.6) is 0 Å². The predicted molar refractivity (Wildman–Crippen MR) is 158 cm³/mol. The molecule has 210 valence electrons. The van der Waals surface area contributed by atoms with Crippen LogP contribution in [0, 0.1) is 5.82 Å². The van der Waals surface area contributed by atoms with Crippen molar-refractivity contribution in [1.29, 1.82) is 0 Å². The molecular formula is C32H43FN4OS. The van der Waals surface area contributed by atoms with Crippen molar-refractivity contribution in [3.05, 3.63) is 87.1 Å². The number of rotatable bonds is 11. The molecule has 1 saturated heterocycles. The van der Waals surface area contributed by atoms with Gasteiger partial charge in [0.2, 0.25) is 0 Å². The molecule has 0 radical (unpaired) electrons. The molecule has 1 amide bonds. The molecule has 1 N–H and O–H groups in total. The van der Waals surface area contributed by atoms with Crippen molar-refractivity contribution in [2.45, 2.75) is 84.5 Å². The van der Waals surface area contributed by atoms with Crippen molar-refractivity contribution in [3.8, 4) is 0 Å². The first-order chi connectivity index (χ1) is 18.7. The third kappa shape index (κ3) is 8.95. The lowest BCUT2D eigenvalue weighted by Crippen LogP contribution is -2.39. The van der Waals surface area contributed by atoms with Crippen LogP contribution in [-0.2, 0) is 25.0 Å². The van der Waals surface area contributed by atoms with Crippen LogP contribution in [-0.4, -0.2) is 46.4 Å². The van der Waals surface area contributed by atoms with Crippen molar-refractivity contribution in [2.75, 3.05) is 19.6 Å². The van der Waals surface area contributed by atoms with E-state index in [2.05, 4.69) is 72.1 Å². The topological polar surface area (TPSA) is 48.5 Å². The van der Waals surface area contributed by atoms with Crippen LogP contribution in [0.3, 0.4) is 0 Å². The minimum Gasteiger partial charge on any atom is -0.351 e. The molecule has 2 aromatic carbocycles. The number of piperidine rings is 1. The highest BCUT2D eigenvalue weighted by molar-refractivity contribution is 7.09. The van der Waals surface area contributed by atoms with E-state index in [1.165, 1.54) is 60.4 Å². The van der Waals surface area contributed by atoms with Gasteiger partial charge in [0.15, 0.2) is 0 Å². The number of nitrogens with one attached hydrogen (secondary N) is 1. The summed E-state index contributed by atoms with van der Waals surface area (Å²) < 4.78 is 13.5. The zero-order chi connectivity index (χ0) is 27.8. The number of halogens is 1. The van der Waals surface area contributed by atoms with Crippen molar-refractivity contribution in [2.24, 2.45) is 0 Å². The van der Waals surface area contributed by atoms with Gasteiger partial charge in [0.1, 0.15) is 16.5 Å². The monoisotopic (exact) mass is 550 g/mol. The molecule has 0 bridgehead atoms. The quantitative estimate of drug-likeness (QED) is 0.268. The van der Waals surface area contributed by atoms with Gasteiger partial charge in [-0.15, -0.1) is 11.3 Å². The number of thiazole rings is 1. The highest BCUT2D eigenvalue weighted by atomic mass is 32.1. The summed E-state index contributed by atoms with van der Waals surface area (Å²) in [5.74, 6) is -0.337. The number of carbonyl (C=O) groups excluding carboxylic acids is 1. The maximum Gasteiger partial charge on any atom is 0.270 e. The molecule has 0 saturated carbocycles. The minimum atomic E-state index is -0.232. The number of aromatic nitrogens is 1. The molecule has 5 nitrogen and oxygen atoms in total. The lowest BCUT2D eigenvalue weighted by molar-refractivity contribution is 0.0944. The first-order valence-electron chi connectivity index (χ1n) is 14.2. The van der Waals surface area contributed by atoms with E-state index < -0.39 is 0 Å². The number of amides is 1. The zero-order valence-electron chi connectivity index (χ0n) is 23.9. The molecule has 1 fully saturated rings. The molecule has 7 heteroatoms. The van der Waals surface area contributed by atoms with Crippen molar-refractivity contribution in [1.82, 2.24) is 20.1 Å². The van der Waals surface area contributed by atoms with Gasteiger partial charge in [-0.25, -0.2) is 9.37 Å². The van der Waals surface area contributed by atoms with Crippen LogP contribution in [0.25, 0.3) is 0 Å². The fraction of sp³-hybridized carbons (Fsp3) is 0.500. The fourth-order valence-electron chi connectivity index (χ4n) is 5.13. The van der Waals surface area contributed by atoms with E-state index in [1.54, 1.807) is 0 Å². The third-order valence-corrected chi connectivity index (χ3v) is 8.37. The maximum absolute atomic E-state index is 13.5. The highest BCUT2D eigenvalue weighted by Gasteiger charge is 2.19. The van der Waals surface area contributed by atoms with Gasteiger partial charge in [-0.2, -0.15) is 0 Å². The Balaban J connectivity index is 1.35. The lowest BCUT2D eigenvalue weighted by Gasteiger charge is -2.33. The van der Waals surface area contributed by atoms with Crippen LogP contribution in [0.2, 0.25) is 0 Å². The largest absolute Gasteiger partial charge is 0.351 e. The molecule has 1 atom stereocenters. The number of hydrogen-bond acceptors (Lipinski definition) is 5. The molecular weight excluding hydrogens is 507 g/mol. The Labute approximate surface area is 237 Å². The van der Waals surface area contributed by atoms with E-state index in [4.69, 9.17) is 0 Å². The number of hydrogen-bond donors (Lipinski definition) is 1. The van der Waals surface area contributed by atoms with E-state index >= 15 is 0 Å². The molecule has 1 unspecified atom stereocenters. The van der Waals surface area contributed by atoms with E-state index in [0.29, 0.717) is 31.4 Å². The summed E-state index contributed by atoms with van der Waals surface area (Å²) in [4.78, 5) is 22.2. The molecule has 0 spiro atoms. The summed E-state index contributed by atoms with van der Waals surface area (Å²) in [5.41, 5.74) is 4.15. The molecule has 1 aromatic heterocycles. The van der Waals surface area contributed by atoms with Gasteiger partial charge >= 0.3 is 0 Å². The van der Waals surface area contributed by atoms with Gasteiger partial charge < -0.3 is 10.2 Å². The molecule has 0 aliphatic carbocycles. The highest BCUT2D eigenvalue weighted by Crippen LogP contribution is 2.24. The average Bonchev–Trinajstić information content (AvgIpc) is 3.37. The van der Waals surface area contributed by atoms with Crippen molar-refractivity contribution >= 4 is 17.2 Å². The van der Waals surface area contributed by atoms with Gasteiger partial charge in [0, 0.05) is 37.6 Å². The second-order valence-corrected chi connectivity index (χ2v) is 12.8. The van der Waals surface area contributed by atoms with Gasteiger partial charge in [0.25, 0.3) is 5.91 Å². The summed E-state index contributed by atoms with van der Waals surface area (Å²) in [6, 6.07) is 16.1. The second kappa shape index (κ2) is 13.6. The van der Waals surface area contributed by atoms with Gasteiger partial charge in [-0.1, -0.05) is 63.6 Å². The molecule has 1 aliphatic heterocycles. The van der Waals surface area contributed by atoms with Crippen LogP contribution in [0.15, 0.2) is 53.9 Å². The summed E-state index contributed by atoms with van der Waals surface area (Å²) in [5, 5.41) is 5.80. The van der Waals surface area contributed by atoms with E-state index in [0.717, 1.165) is 30.1 Å². The normalized spacial score (nSPS) is 16.5. The summed E-state index contributed by atoms with van der Waals surface area (Å²) in [6.07, 6.45) is 4.82. The molecule has 1 aliphatic rings. The Morgan fingerprint density at radius 3 is 2.36 bits per heavy atom. The zero-order valence-corrected chi connectivity index (χ0v) is 24.7. The fourth-order valence-corrected chi connectivity index (χ4v) is 5.94. The van der Waals surface area contributed by atoms with E-state index in [1.807, 2.05) is 17.5 Å². The van der Waals surface area contributed by atoms with Gasteiger partial charge in [0.05, 0.1) is 6.54 Å². The van der Waals surface area contributed by atoms with Crippen LogP contribution in [0.1, 0.15) is 85.6 Å². The molecule has 3 aromatic rings. The van der Waals surface area contributed by atoms with Crippen LogP contribution in [0.4, 0.5) is 4.39 Å². The smallest absolute Gasteiger partial charge is 0.270 e. The first-order valence-corrected chi connectivity index (χ1v) is 15.1. The van der Waals surface area contributed by atoms with Crippen molar-refractivity contribution < 1.29 is 9.18 Å². The van der Waals surface area contributed by atoms with Gasteiger partial charge in [-0.3, -0.25) is 9.69 Å². The lowest BCUT2D eigenvalue weighted by atomic mass is 9.87. The molecule has 2 heterocycles. The van der Waals surface area contributed by atoms with Crippen LogP contribution < -0.4 is 5.32 Å². The summed E-state index contributed by atoms with van der Waals surface area (Å²) in [6.45, 7) is 13.8. The number of nitrogens with zero attached hydrogens (tertiary/aromatic N) is 3. The second-order valence-electron chi connectivity index (χ2n) is 11.8. The Morgan fingerprint density at radius 2 is 1.72 bits per heavy atom. The summed E-state index contributed by atoms with van der Waals surface area (Å²) in [7, 11) is 0. The van der Waals surface area contributed by atoms with E-state index in [-0.39, 0.29) is 17.1 Å². The summed E-state index contributed by atoms with van der Waals surface area (Å²) >= 11 is 1.52. The first kappa shape index (κ1) is 29.4. The van der Waals surface area contributed by atoms with E-state index in [9.17, 15) is 9.18 Å². The maximum atomic E-state index is 13.5. The van der Waals surface area contributed by atoms with Crippen LogP contribution >= 0.6 is 11.3 Å². The standard InChI is InChI=1S/C32H43FN4OS/c1-24-8-5-6-18-37(24)19-7-17-34-31(38)29-23-39-30(35-29)22-36(21-26-11-15-28(33)16-12-26)20-25-9-13-27(14-10-25)32(2,3)4/h9-16,23-24H,5-8,17-22H2,1-4H3,(H,34,38). The number of likely N-dealkylation sites (tertiary alicyclic amines) is 1. The molecule has 39 heavy (non-hydrogen) atoms. The Bertz CT molecular complexity index is 1190. The predicted octanol–water partition coefficient (Wildman–Crippen LogP) is 6.78. The Morgan fingerprint density at radius 1 is 1.05 bits per heavy atom. The third-order valence-electron chi connectivity index (χ3n) is 7.54. The molecule has 4 rings (SSSR count). The number of carbonyl (C=O) groups is 1. The Kier molecular flexibility index (Phi) is 10.3. The van der Waals surface area contributed by atoms with Gasteiger partial charge in [-0.05, 0) is 67.0 Å². The van der Waals surface area contributed by atoms with Crippen molar-refractivity contribution in [3.63, 3.8) is 0 Å². The minimum absolute atomic E-state index is 0.105. The SMILES string of the molecule is CC1CCCCN1CCCNC(=O)c1csc(CN(Cc2ccc(F)cc2)Cc2ccc(C(C)(C)C)cc2)n1. The average molecular weight is 551 g/mol.